The van der Waals surface area contributed by atoms with E-state index >= 15 is 0 Å². The number of nitrogens with two attached hydrogens (primary N) is 1. The highest BCUT2D eigenvalue weighted by Gasteiger charge is 2.20. The van der Waals surface area contributed by atoms with Crippen molar-refractivity contribution in [3.05, 3.63) is 45.1 Å². The fourth-order valence-electron chi connectivity index (χ4n) is 2.07. The Bertz CT molecular complexity index is 734. The van der Waals surface area contributed by atoms with Crippen LogP contribution in [0.3, 0.4) is 0 Å². The lowest BCUT2D eigenvalue weighted by Crippen LogP contribution is -2.25. The molecular formula is C14H18N2O2S2. The standard InChI is InChI=1S/C14H18N2O2S2/c1-9-4-5-13(15)11(3)14(9)20(17,18)16-6-12-8-19-7-10(12)2/h4-5,7-8,16H,6,15H2,1-3H3. The summed E-state index contributed by atoms with van der Waals surface area (Å²) in [6, 6.07) is 3.46. The van der Waals surface area contributed by atoms with E-state index in [1.807, 2.05) is 17.7 Å². The van der Waals surface area contributed by atoms with E-state index in [0.29, 0.717) is 23.4 Å². The van der Waals surface area contributed by atoms with Crippen molar-refractivity contribution in [2.45, 2.75) is 32.2 Å². The van der Waals surface area contributed by atoms with Crippen molar-refractivity contribution in [3.8, 4) is 0 Å². The van der Waals surface area contributed by atoms with Crippen LogP contribution in [0.15, 0.2) is 27.8 Å². The van der Waals surface area contributed by atoms with E-state index in [2.05, 4.69) is 4.72 Å². The van der Waals surface area contributed by atoms with Gasteiger partial charge < -0.3 is 5.73 Å². The van der Waals surface area contributed by atoms with Crippen LogP contribution >= 0.6 is 11.3 Å². The Labute approximate surface area is 123 Å². The van der Waals surface area contributed by atoms with Crippen molar-refractivity contribution in [3.63, 3.8) is 0 Å². The number of aryl methyl sites for hydroxylation is 2. The monoisotopic (exact) mass is 310 g/mol. The molecule has 0 saturated carbocycles. The predicted octanol–water partition coefficient (Wildman–Crippen LogP) is 2.73. The number of nitrogen functional groups attached to an aromatic ring is 1. The number of rotatable bonds is 4. The molecule has 0 aliphatic heterocycles. The van der Waals surface area contributed by atoms with Crippen LogP contribution in [0.4, 0.5) is 5.69 Å². The minimum atomic E-state index is -3.56. The zero-order valence-corrected chi connectivity index (χ0v) is 13.4. The molecule has 0 fully saturated rings. The molecule has 0 saturated heterocycles. The Kier molecular flexibility index (Phi) is 4.17. The molecule has 6 heteroatoms. The van der Waals surface area contributed by atoms with Crippen LogP contribution in [0.1, 0.15) is 22.3 Å². The van der Waals surface area contributed by atoms with Crippen LogP contribution in [0.5, 0.6) is 0 Å². The lowest BCUT2D eigenvalue weighted by Gasteiger charge is -2.13. The quantitative estimate of drug-likeness (QED) is 0.853. The Morgan fingerprint density at radius 1 is 1.15 bits per heavy atom. The van der Waals surface area contributed by atoms with Crippen LogP contribution in [-0.4, -0.2) is 8.42 Å². The zero-order chi connectivity index (χ0) is 14.9. The maximum atomic E-state index is 12.5. The fourth-order valence-corrected chi connectivity index (χ4v) is 4.43. The third-order valence-corrected chi connectivity index (χ3v) is 5.93. The summed E-state index contributed by atoms with van der Waals surface area (Å²) in [5, 5.41) is 3.96. The van der Waals surface area contributed by atoms with Gasteiger partial charge in [-0.1, -0.05) is 6.07 Å². The molecular weight excluding hydrogens is 292 g/mol. The number of hydrogen-bond donors (Lipinski definition) is 2. The Morgan fingerprint density at radius 3 is 2.45 bits per heavy atom. The topological polar surface area (TPSA) is 72.2 Å². The molecule has 108 valence electrons. The smallest absolute Gasteiger partial charge is 0.241 e. The number of benzene rings is 1. The summed E-state index contributed by atoms with van der Waals surface area (Å²) in [7, 11) is -3.56. The molecule has 0 spiro atoms. The summed E-state index contributed by atoms with van der Waals surface area (Å²) in [6.45, 7) is 5.77. The van der Waals surface area contributed by atoms with Crippen LogP contribution in [0.2, 0.25) is 0 Å². The van der Waals surface area contributed by atoms with Crippen LogP contribution in [0, 0.1) is 20.8 Å². The van der Waals surface area contributed by atoms with Gasteiger partial charge in [-0.25, -0.2) is 13.1 Å². The van der Waals surface area contributed by atoms with E-state index in [-0.39, 0.29) is 4.90 Å². The Balaban J connectivity index is 2.32. The van der Waals surface area contributed by atoms with Crippen molar-refractivity contribution < 1.29 is 8.42 Å². The summed E-state index contributed by atoms with van der Waals surface area (Å²) >= 11 is 1.57. The summed E-state index contributed by atoms with van der Waals surface area (Å²) in [5.41, 5.74) is 9.69. The molecule has 0 bridgehead atoms. The summed E-state index contributed by atoms with van der Waals surface area (Å²) in [4.78, 5) is 0.283. The lowest BCUT2D eigenvalue weighted by molar-refractivity contribution is 0.580. The second-order valence-corrected chi connectivity index (χ2v) is 7.28. The average molecular weight is 310 g/mol. The molecule has 3 N–H and O–H groups in total. The van der Waals surface area contributed by atoms with E-state index < -0.39 is 10.0 Å². The summed E-state index contributed by atoms with van der Waals surface area (Å²) in [6.07, 6.45) is 0. The largest absolute Gasteiger partial charge is 0.398 e. The van der Waals surface area contributed by atoms with Gasteiger partial charge in [0.25, 0.3) is 0 Å². The second-order valence-electron chi connectivity index (χ2n) is 4.83. The highest BCUT2D eigenvalue weighted by Crippen LogP contribution is 2.25. The van der Waals surface area contributed by atoms with E-state index in [1.165, 1.54) is 0 Å². The van der Waals surface area contributed by atoms with Crippen molar-refractivity contribution in [2.24, 2.45) is 0 Å². The molecule has 0 unspecified atom stereocenters. The fraction of sp³-hybridized carbons (Fsp3) is 0.286. The van der Waals surface area contributed by atoms with E-state index in [4.69, 9.17) is 5.73 Å². The van der Waals surface area contributed by atoms with Crippen LogP contribution in [-0.2, 0) is 16.6 Å². The van der Waals surface area contributed by atoms with Gasteiger partial charge in [0.1, 0.15) is 0 Å². The molecule has 1 heterocycles. The normalized spacial score (nSPS) is 11.8. The van der Waals surface area contributed by atoms with Gasteiger partial charge >= 0.3 is 0 Å². The summed E-state index contributed by atoms with van der Waals surface area (Å²) < 4.78 is 27.6. The number of sulfonamides is 1. The third kappa shape index (κ3) is 2.87. The van der Waals surface area contributed by atoms with Crippen LogP contribution in [0.25, 0.3) is 0 Å². The first-order chi connectivity index (χ1) is 9.33. The number of hydrogen-bond acceptors (Lipinski definition) is 4. The van der Waals surface area contributed by atoms with Crippen LogP contribution < -0.4 is 10.5 Å². The molecule has 20 heavy (non-hydrogen) atoms. The Morgan fingerprint density at radius 2 is 1.85 bits per heavy atom. The van der Waals surface area contributed by atoms with Gasteiger partial charge in [0.05, 0.1) is 4.90 Å². The highest BCUT2D eigenvalue weighted by molar-refractivity contribution is 7.89. The lowest BCUT2D eigenvalue weighted by atomic mass is 10.1. The SMILES string of the molecule is Cc1cscc1CNS(=O)(=O)c1c(C)ccc(N)c1C. The molecule has 1 aromatic heterocycles. The molecule has 0 aliphatic carbocycles. The number of thiophene rings is 1. The molecule has 4 nitrogen and oxygen atoms in total. The molecule has 0 amide bonds. The second kappa shape index (κ2) is 5.55. The van der Waals surface area contributed by atoms with Gasteiger partial charge in [0.2, 0.25) is 10.0 Å². The molecule has 1 aromatic carbocycles. The van der Waals surface area contributed by atoms with Gasteiger partial charge in [-0.05, 0) is 59.9 Å². The number of anilines is 1. The highest BCUT2D eigenvalue weighted by atomic mass is 32.2. The third-order valence-electron chi connectivity index (χ3n) is 3.33. The first-order valence-electron chi connectivity index (χ1n) is 6.20. The Hall–Kier alpha value is -1.37. The maximum absolute atomic E-state index is 12.5. The minimum Gasteiger partial charge on any atom is -0.398 e. The molecule has 2 rings (SSSR count). The van der Waals surface area contributed by atoms with Crippen molar-refractivity contribution in [1.29, 1.82) is 0 Å². The minimum absolute atomic E-state index is 0.283. The maximum Gasteiger partial charge on any atom is 0.241 e. The predicted molar refractivity (Wildman–Crippen MR) is 83.4 cm³/mol. The first-order valence-corrected chi connectivity index (χ1v) is 8.62. The molecule has 2 aromatic rings. The average Bonchev–Trinajstić information content (AvgIpc) is 2.77. The van der Waals surface area contributed by atoms with Gasteiger partial charge in [-0.3, -0.25) is 0 Å². The zero-order valence-electron chi connectivity index (χ0n) is 11.7. The van der Waals surface area contributed by atoms with E-state index in [1.54, 1.807) is 37.3 Å². The molecule has 0 radical (unpaired) electrons. The summed E-state index contributed by atoms with van der Waals surface area (Å²) in [5.74, 6) is 0. The molecule has 0 atom stereocenters. The van der Waals surface area contributed by atoms with Gasteiger partial charge in [-0.2, -0.15) is 11.3 Å². The van der Waals surface area contributed by atoms with Gasteiger partial charge in [0.15, 0.2) is 0 Å². The van der Waals surface area contributed by atoms with E-state index in [0.717, 1.165) is 11.1 Å². The first kappa shape index (κ1) is 15.0. The van der Waals surface area contributed by atoms with Gasteiger partial charge in [-0.15, -0.1) is 0 Å². The van der Waals surface area contributed by atoms with Crippen molar-refractivity contribution in [1.82, 2.24) is 4.72 Å². The molecule has 0 aliphatic rings. The number of nitrogens with one attached hydrogen (secondary N) is 1. The van der Waals surface area contributed by atoms with Crippen molar-refractivity contribution >= 4 is 27.0 Å². The van der Waals surface area contributed by atoms with Gasteiger partial charge in [0, 0.05) is 12.2 Å². The van der Waals surface area contributed by atoms with Crippen molar-refractivity contribution in [2.75, 3.05) is 5.73 Å². The van der Waals surface area contributed by atoms with E-state index in [9.17, 15) is 8.42 Å².